The Bertz CT molecular complexity index is 731. The monoisotopic (exact) mass is 349 g/mol. The largest absolute Gasteiger partial charge is 0.465 e. The second-order valence-corrected chi connectivity index (χ2v) is 6.05. The molecule has 1 aromatic carbocycles. The number of likely N-dealkylation sites (tertiary alicyclic amines) is 1. The van der Waals surface area contributed by atoms with Crippen LogP contribution in [0, 0.1) is 16.0 Å². The Morgan fingerprint density at radius 2 is 2.04 bits per heavy atom. The summed E-state index contributed by atoms with van der Waals surface area (Å²) in [5.41, 5.74) is -0.280. The van der Waals surface area contributed by atoms with Crippen molar-refractivity contribution in [3.05, 3.63) is 33.9 Å². The van der Waals surface area contributed by atoms with Crippen LogP contribution in [-0.4, -0.2) is 47.3 Å². The molecule has 0 radical (unpaired) electrons. The highest BCUT2D eigenvalue weighted by Gasteiger charge is 2.35. The van der Waals surface area contributed by atoms with Gasteiger partial charge in [0.2, 0.25) is 11.8 Å². The number of carbonyl (C=O) groups is 3. The number of methoxy groups -OCH3 is 1. The van der Waals surface area contributed by atoms with Crippen LogP contribution < -0.4 is 5.32 Å². The van der Waals surface area contributed by atoms with Gasteiger partial charge in [0.15, 0.2) is 0 Å². The van der Waals surface area contributed by atoms with Gasteiger partial charge in [-0.25, -0.2) is 4.79 Å². The number of hydrogen-bond acceptors (Lipinski definition) is 6. The van der Waals surface area contributed by atoms with E-state index in [-0.39, 0.29) is 35.3 Å². The molecule has 9 nitrogen and oxygen atoms in total. The van der Waals surface area contributed by atoms with E-state index in [0.29, 0.717) is 6.54 Å². The van der Waals surface area contributed by atoms with Gasteiger partial charge in [-0.15, -0.1) is 0 Å². The Morgan fingerprint density at radius 1 is 1.36 bits per heavy atom. The van der Waals surface area contributed by atoms with Crippen molar-refractivity contribution >= 4 is 29.2 Å². The van der Waals surface area contributed by atoms with Crippen molar-refractivity contribution in [1.82, 2.24) is 4.90 Å². The van der Waals surface area contributed by atoms with Crippen LogP contribution in [0.5, 0.6) is 0 Å². The first-order valence-electron chi connectivity index (χ1n) is 7.71. The summed E-state index contributed by atoms with van der Waals surface area (Å²) in [4.78, 5) is 47.9. The van der Waals surface area contributed by atoms with E-state index in [1.165, 1.54) is 6.07 Å². The van der Waals surface area contributed by atoms with Gasteiger partial charge in [0.25, 0.3) is 5.69 Å². The molecule has 0 spiro atoms. The summed E-state index contributed by atoms with van der Waals surface area (Å²) in [5.74, 6) is -1.82. The summed E-state index contributed by atoms with van der Waals surface area (Å²) in [6, 6.07) is 3.52. The van der Waals surface area contributed by atoms with Crippen LogP contribution in [0.2, 0.25) is 0 Å². The molecular weight excluding hydrogens is 330 g/mol. The smallest absolute Gasteiger partial charge is 0.338 e. The third-order valence-corrected chi connectivity index (χ3v) is 3.97. The van der Waals surface area contributed by atoms with Crippen molar-refractivity contribution in [2.24, 2.45) is 5.92 Å². The molecule has 1 fully saturated rings. The van der Waals surface area contributed by atoms with E-state index < -0.39 is 22.7 Å². The van der Waals surface area contributed by atoms with Gasteiger partial charge in [0, 0.05) is 36.8 Å². The highest BCUT2D eigenvalue weighted by molar-refractivity contribution is 5.99. The summed E-state index contributed by atoms with van der Waals surface area (Å²) in [7, 11) is 1.16. The number of hydrogen-bond donors (Lipinski definition) is 1. The number of benzene rings is 1. The number of nitro groups is 1. The zero-order valence-electron chi connectivity index (χ0n) is 14.1. The molecular formula is C16H19N3O6. The number of nitrogens with one attached hydrogen (secondary N) is 1. The maximum absolute atomic E-state index is 12.4. The molecule has 0 aliphatic carbocycles. The number of anilines is 1. The lowest BCUT2D eigenvalue weighted by atomic mass is 10.1. The van der Waals surface area contributed by atoms with Crippen molar-refractivity contribution in [3.63, 3.8) is 0 Å². The van der Waals surface area contributed by atoms with Crippen molar-refractivity contribution in [2.45, 2.75) is 26.3 Å². The number of amides is 2. The van der Waals surface area contributed by atoms with E-state index in [9.17, 15) is 24.5 Å². The molecule has 0 bridgehead atoms. The fourth-order valence-electron chi connectivity index (χ4n) is 2.68. The lowest BCUT2D eigenvalue weighted by molar-refractivity contribution is -0.384. The van der Waals surface area contributed by atoms with E-state index in [1.807, 2.05) is 13.8 Å². The van der Waals surface area contributed by atoms with Crippen LogP contribution in [0.4, 0.5) is 11.4 Å². The Balaban J connectivity index is 2.20. The third-order valence-electron chi connectivity index (χ3n) is 3.97. The quantitative estimate of drug-likeness (QED) is 0.490. The van der Waals surface area contributed by atoms with E-state index in [1.54, 1.807) is 4.90 Å². The minimum atomic E-state index is -0.749. The Morgan fingerprint density at radius 3 is 2.56 bits per heavy atom. The normalized spacial score (nSPS) is 16.9. The van der Waals surface area contributed by atoms with E-state index in [4.69, 9.17) is 0 Å². The van der Waals surface area contributed by atoms with Crippen molar-refractivity contribution in [3.8, 4) is 0 Å². The van der Waals surface area contributed by atoms with E-state index >= 15 is 0 Å². The van der Waals surface area contributed by atoms with Gasteiger partial charge in [-0.2, -0.15) is 0 Å². The maximum atomic E-state index is 12.4. The van der Waals surface area contributed by atoms with Gasteiger partial charge in [-0.3, -0.25) is 19.7 Å². The molecule has 2 rings (SSSR count). The molecule has 9 heteroatoms. The lowest BCUT2D eigenvalue weighted by Crippen LogP contribution is -2.33. The Kier molecular flexibility index (Phi) is 5.35. The maximum Gasteiger partial charge on any atom is 0.338 e. The molecule has 1 aliphatic rings. The van der Waals surface area contributed by atoms with Crippen LogP contribution in [0.25, 0.3) is 0 Å². The summed E-state index contributed by atoms with van der Waals surface area (Å²) in [5, 5.41) is 13.6. The number of nitrogens with zero attached hydrogens (tertiary/aromatic N) is 2. The number of rotatable bonds is 5. The van der Waals surface area contributed by atoms with Crippen LogP contribution >= 0.6 is 0 Å². The predicted molar refractivity (Wildman–Crippen MR) is 88.0 cm³/mol. The van der Waals surface area contributed by atoms with Gasteiger partial charge in [0.05, 0.1) is 23.5 Å². The van der Waals surface area contributed by atoms with Gasteiger partial charge in [0.1, 0.15) is 0 Å². The van der Waals surface area contributed by atoms with E-state index in [0.717, 1.165) is 19.2 Å². The fraction of sp³-hybridized carbons (Fsp3) is 0.438. The molecule has 1 N–H and O–H groups in total. The first kappa shape index (κ1) is 18.4. The zero-order valence-corrected chi connectivity index (χ0v) is 14.1. The predicted octanol–water partition coefficient (Wildman–Crippen LogP) is 1.58. The summed E-state index contributed by atoms with van der Waals surface area (Å²) >= 11 is 0. The summed E-state index contributed by atoms with van der Waals surface area (Å²) in [6.07, 6.45) is 0.0861. The van der Waals surface area contributed by atoms with Gasteiger partial charge in [-0.05, 0) is 19.9 Å². The van der Waals surface area contributed by atoms with Crippen molar-refractivity contribution in [2.75, 3.05) is 19.0 Å². The fourth-order valence-corrected chi connectivity index (χ4v) is 2.68. The van der Waals surface area contributed by atoms with Crippen LogP contribution in [0.3, 0.4) is 0 Å². The molecule has 2 amide bonds. The Hall–Kier alpha value is -2.97. The zero-order chi connectivity index (χ0) is 18.7. The van der Waals surface area contributed by atoms with Gasteiger partial charge < -0.3 is 15.0 Å². The van der Waals surface area contributed by atoms with Crippen molar-refractivity contribution < 1.29 is 24.0 Å². The number of nitro benzene ring substituents is 1. The molecule has 1 aromatic rings. The summed E-state index contributed by atoms with van der Waals surface area (Å²) < 4.78 is 4.56. The molecule has 1 heterocycles. The first-order chi connectivity index (χ1) is 11.7. The molecule has 0 saturated carbocycles. The molecule has 1 atom stereocenters. The molecule has 1 aliphatic heterocycles. The molecule has 1 saturated heterocycles. The second kappa shape index (κ2) is 7.29. The van der Waals surface area contributed by atoms with E-state index in [2.05, 4.69) is 10.1 Å². The molecule has 1 unspecified atom stereocenters. The molecule has 25 heavy (non-hydrogen) atoms. The van der Waals surface area contributed by atoms with Crippen molar-refractivity contribution in [1.29, 1.82) is 0 Å². The highest BCUT2D eigenvalue weighted by Crippen LogP contribution is 2.25. The number of ether oxygens (including phenoxy) is 1. The lowest BCUT2D eigenvalue weighted by Gasteiger charge is -2.20. The van der Waals surface area contributed by atoms with Crippen LogP contribution in [0.1, 0.15) is 30.6 Å². The molecule has 134 valence electrons. The third kappa shape index (κ3) is 4.11. The molecule has 0 aromatic heterocycles. The highest BCUT2D eigenvalue weighted by atomic mass is 16.6. The number of esters is 1. The van der Waals surface area contributed by atoms with Gasteiger partial charge >= 0.3 is 5.97 Å². The minimum Gasteiger partial charge on any atom is -0.465 e. The Labute approximate surface area is 144 Å². The number of non-ortho nitro benzene ring substituents is 1. The van der Waals surface area contributed by atoms with Crippen LogP contribution in [0.15, 0.2) is 18.2 Å². The summed E-state index contributed by atoms with van der Waals surface area (Å²) in [6.45, 7) is 4.02. The first-order valence-corrected chi connectivity index (χ1v) is 7.71. The minimum absolute atomic E-state index is 0.00552. The number of carbonyl (C=O) groups excluding carboxylic acids is 3. The SMILES string of the molecule is COC(=O)c1cc(NC(=O)C2CC(=O)N(C(C)C)C2)cc([N+](=O)[O-])c1. The standard InChI is InChI=1S/C16H19N3O6/c1-9(2)18-8-11(6-14(18)20)15(21)17-12-4-10(16(22)25-3)5-13(7-12)19(23)24/h4-5,7,9,11H,6,8H2,1-3H3,(H,17,21). The average molecular weight is 349 g/mol. The average Bonchev–Trinajstić information content (AvgIpc) is 2.96. The van der Waals surface area contributed by atoms with Crippen LogP contribution in [-0.2, 0) is 14.3 Å². The topological polar surface area (TPSA) is 119 Å². The van der Waals surface area contributed by atoms with Gasteiger partial charge in [-0.1, -0.05) is 0 Å². The second-order valence-electron chi connectivity index (χ2n) is 6.05.